The number of amides is 1. The Balaban J connectivity index is 2.56. The summed E-state index contributed by atoms with van der Waals surface area (Å²) in [7, 11) is 1.24. The zero-order chi connectivity index (χ0) is 16.8. The number of allylic oxidation sites excluding steroid dienone is 1. The van der Waals surface area contributed by atoms with Crippen molar-refractivity contribution < 1.29 is 14.3 Å². The summed E-state index contributed by atoms with van der Waals surface area (Å²) in [5, 5.41) is 12.9. The number of nitrogens with zero attached hydrogens (tertiary/aromatic N) is 1. The summed E-state index contributed by atoms with van der Waals surface area (Å²) in [4.78, 5) is 24.6. The van der Waals surface area contributed by atoms with Gasteiger partial charge in [-0.3, -0.25) is 9.59 Å². The first kappa shape index (κ1) is 17.1. The van der Waals surface area contributed by atoms with Crippen LogP contribution in [-0.2, 0) is 14.3 Å². The minimum atomic E-state index is -1.05. The van der Waals surface area contributed by atoms with Crippen molar-refractivity contribution in [2.45, 2.75) is 19.3 Å². The van der Waals surface area contributed by atoms with Crippen LogP contribution >= 0.6 is 11.8 Å². The molecule has 2 atom stereocenters. The van der Waals surface area contributed by atoms with Crippen LogP contribution in [0, 0.1) is 17.2 Å². The predicted octanol–water partition coefficient (Wildman–Crippen LogP) is 2.57. The van der Waals surface area contributed by atoms with E-state index in [1.807, 2.05) is 37.3 Å². The van der Waals surface area contributed by atoms with Crippen LogP contribution in [-0.4, -0.2) is 24.7 Å². The van der Waals surface area contributed by atoms with Gasteiger partial charge in [0.1, 0.15) is 5.92 Å². The highest BCUT2D eigenvalue weighted by Gasteiger charge is 2.44. The maximum absolute atomic E-state index is 12.4. The van der Waals surface area contributed by atoms with Crippen LogP contribution in [0.3, 0.4) is 0 Å². The third-order valence-corrected chi connectivity index (χ3v) is 4.82. The van der Waals surface area contributed by atoms with E-state index in [2.05, 4.69) is 11.4 Å². The summed E-state index contributed by atoms with van der Waals surface area (Å²) < 4.78 is 4.78. The molecule has 1 aromatic carbocycles. The van der Waals surface area contributed by atoms with Gasteiger partial charge in [0, 0.05) is 5.92 Å². The van der Waals surface area contributed by atoms with E-state index in [9.17, 15) is 14.9 Å². The van der Waals surface area contributed by atoms with Gasteiger partial charge in [-0.2, -0.15) is 5.26 Å². The third-order valence-electron chi connectivity index (χ3n) is 3.59. The van der Waals surface area contributed by atoms with Crippen molar-refractivity contribution in [3.05, 3.63) is 46.5 Å². The summed E-state index contributed by atoms with van der Waals surface area (Å²) >= 11 is 1.43. The fourth-order valence-electron chi connectivity index (χ4n) is 2.54. The van der Waals surface area contributed by atoms with Crippen molar-refractivity contribution >= 4 is 23.6 Å². The lowest BCUT2D eigenvalue weighted by atomic mass is 9.78. The predicted molar refractivity (Wildman–Crippen MR) is 88.2 cm³/mol. The van der Waals surface area contributed by atoms with Gasteiger partial charge in [0.25, 0.3) is 0 Å². The Kier molecular flexibility index (Phi) is 5.83. The first-order valence-corrected chi connectivity index (χ1v) is 8.33. The first-order valence-electron chi connectivity index (χ1n) is 7.34. The number of methoxy groups -OCH3 is 1. The Morgan fingerprint density at radius 1 is 1.39 bits per heavy atom. The molecule has 0 fully saturated rings. The number of ether oxygens (including phenoxy) is 1. The minimum Gasteiger partial charge on any atom is -0.468 e. The lowest BCUT2D eigenvalue weighted by Crippen LogP contribution is -2.44. The molecule has 1 aliphatic heterocycles. The quantitative estimate of drug-likeness (QED) is 0.663. The molecular formula is C17H18N2O3S. The zero-order valence-corrected chi connectivity index (χ0v) is 13.9. The Morgan fingerprint density at radius 2 is 2.09 bits per heavy atom. The van der Waals surface area contributed by atoms with E-state index in [1.54, 1.807) is 0 Å². The van der Waals surface area contributed by atoms with Gasteiger partial charge in [-0.15, -0.1) is 11.8 Å². The summed E-state index contributed by atoms with van der Waals surface area (Å²) in [6.07, 6.45) is 0.916. The molecule has 5 nitrogen and oxygen atoms in total. The largest absolute Gasteiger partial charge is 0.468 e. The SMILES string of the molecule is CCCSC1=C(C#N)[C@H](c2ccccc2)[C@@H](C(=O)OC)C(=O)N1. The molecule has 1 aliphatic rings. The fraction of sp³-hybridized carbons (Fsp3) is 0.353. The Bertz CT molecular complexity index is 664. The van der Waals surface area contributed by atoms with Gasteiger partial charge in [0.2, 0.25) is 5.91 Å². The monoisotopic (exact) mass is 330 g/mol. The number of nitrogens with one attached hydrogen (secondary N) is 1. The normalized spacial score (nSPS) is 20.7. The number of esters is 1. The van der Waals surface area contributed by atoms with Crippen molar-refractivity contribution in [2.24, 2.45) is 5.92 Å². The van der Waals surface area contributed by atoms with Crippen LogP contribution in [0.1, 0.15) is 24.8 Å². The van der Waals surface area contributed by atoms with Crippen molar-refractivity contribution in [3.8, 4) is 6.07 Å². The van der Waals surface area contributed by atoms with Crippen LogP contribution < -0.4 is 5.32 Å². The van der Waals surface area contributed by atoms with Gasteiger partial charge >= 0.3 is 5.97 Å². The number of thioether (sulfide) groups is 1. The molecule has 0 saturated heterocycles. The number of hydrogen-bond acceptors (Lipinski definition) is 5. The molecule has 1 N–H and O–H groups in total. The molecule has 0 radical (unpaired) electrons. The molecule has 1 amide bonds. The molecular weight excluding hydrogens is 312 g/mol. The number of benzene rings is 1. The minimum absolute atomic E-state index is 0.407. The van der Waals surface area contributed by atoms with E-state index in [4.69, 9.17) is 4.74 Å². The maximum Gasteiger partial charge on any atom is 0.319 e. The number of carbonyl (C=O) groups excluding carboxylic acids is 2. The second-order valence-electron chi connectivity index (χ2n) is 5.08. The molecule has 6 heteroatoms. The topological polar surface area (TPSA) is 79.2 Å². The summed E-state index contributed by atoms with van der Waals surface area (Å²) in [5.74, 6) is -1.96. The first-order chi connectivity index (χ1) is 11.1. The zero-order valence-electron chi connectivity index (χ0n) is 13.0. The van der Waals surface area contributed by atoms with Crippen molar-refractivity contribution in [1.82, 2.24) is 5.32 Å². The van der Waals surface area contributed by atoms with Gasteiger partial charge in [0.05, 0.1) is 23.8 Å². The molecule has 0 aromatic heterocycles. The van der Waals surface area contributed by atoms with Crippen LogP contribution in [0.2, 0.25) is 0 Å². The molecule has 0 spiro atoms. The van der Waals surface area contributed by atoms with E-state index in [-0.39, 0.29) is 0 Å². The Labute approximate surface area is 139 Å². The van der Waals surface area contributed by atoms with Crippen molar-refractivity contribution in [1.29, 1.82) is 5.26 Å². The van der Waals surface area contributed by atoms with Crippen LogP contribution in [0.25, 0.3) is 0 Å². The molecule has 2 rings (SSSR count). The molecule has 0 saturated carbocycles. The lowest BCUT2D eigenvalue weighted by Gasteiger charge is -2.30. The average Bonchev–Trinajstić information content (AvgIpc) is 2.59. The van der Waals surface area contributed by atoms with Gasteiger partial charge in [0.15, 0.2) is 0 Å². The average molecular weight is 330 g/mol. The number of carbonyl (C=O) groups is 2. The summed E-state index contributed by atoms with van der Waals surface area (Å²) in [6.45, 7) is 2.02. The van der Waals surface area contributed by atoms with Crippen LogP contribution in [0.15, 0.2) is 40.9 Å². The molecule has 0 unspecified atom stereocenters. The van der Waals surface area contributed by atoms with Gasteiger partial charge in [-0.05, 0) is 17.7 Å². The van der Waals surface area contributed by atoms with Crippen LogP contribution in [0.5, 0.6) is 0 Å². The van der Waals surface area contributed by atoms with E-state index < -0.39 is 23.7 Å². The number of hydrogen-bond donors (Lipinski definition) is 1. The molecule has 120 valence electrons. The molecule has 1 aromatic rings. The maximum atomic E-state index is 12.4. The molecule has 1 heterocycles. The van der Waals surface area contributed by atoms with Crippen LogP contribution in [0.4, 0.5) is 0 Å². The standard InChI is InChI=1S/C17H18N2O3S/c1-3-9-23-16-12(10-18)13(11-7-5-4-6-8-11)14(15(20)19-16)17(21)22-2/h4-8,13-14H,3,9H2,1-2H3,(H,19,20)/t13-,14+/m0/s1. The second-order valence-corrected chi connectivity index (χ2v) is 6.19. The van der Waals surface area contributed by atoms with E-state index in [0.29, 0.717) is 10.6 Å². The number of rotatable bonds is 5. The lowest BCUT2D eigenvalue weighted by molar-refractivity contribution is -0.150. The van der Waals surface area contributed by atoms with E-state index in [1.165, 1.54) is 18.9 Å². The van der Waals surface area contributed by atoms with Gasteiger partial charge in [-0.25, -0.2) is 0 Å². The van der Waals surface area contributed by atoms with Gasteiger partial charge < -0.3 is 10.1 Å². The third kappa shape index (κ3) is 3.57. The molecule has 0 bridgehead atoms. The van der Waals surface area contributed by atoms with E-state index in [0.717, 1.165) is 17.7 Å². The highest BCUT2D eigenvalue weighted by atomic mass is 32.2. The fourth-order valence-corrected chi connectivity index (χ4v) is 3.45. The summed E-state index contributed by atoms with van der Waals surface area (Å²) in [6, 6.07) is 11.3. The summed E-state index contributed by atoms with van der Waals surface area (Å²) in [5.41, 5.74) is 1.16. The number of nitriles is 1. The Hall–Kier alpha value is -2.26. The second kappa shape index (κ2) is 7.84. The molecule has 23 heavy (non-hydrogen) atoms. The highest BCUT2D eigenvalue weighted by molar-refractivity contribution is 8.03. The molecule has 0 aliphatic carbocycles. The van der Waals surface area contributed by atoms with Crippen molar-refractivity contribution in [2.75, 3.05) is 12.9 Å². The van der Waals surface area contributed by atoms with Gasteiger partial charge in [-0.1, -0.05) is 37.3 Å². The van der Waals surface area contributed by atoms with E-state index >= 15 is 0 Å². The smallest absolute Gasteiger partial charge is 0.319 e. The van der Waals surface area contributed by atoms with Crippen molar-refractivity contribution in [3.63, 3.8) is 0 Å². The highest BCUT2D eigenvalue weighted by Crippen LogP contribution is 2.40. The Morgan fingerprint density at radius 3 is 2.65 bits per heavy atom.